The van der Waals surface area contributed by atoms with Gasteiger partial charge in [-0.1, -0.05) is 39.5 Å². The average molecular weight is 206 g/mol. The molecule has 0 bridgehead atoms. The van der Waals surface area contributed by atoms with E-state index in [4.69, 9.17) is 0 Å². The Morgan fingerprint density at radius 2 is 1.60 bits per heavy atom. The van der Waals surface area contributed by atoms with Crippen LogP contribution in [0.3, 0.4) is 0 Å². The smallest absolute Gasteiger partial charge is 0.0331 e. The Morgan fingerprint density at radius 1 is 0.800 bits per heavy atom. The molecule has 0 nitrogen and oxygen atoms in total. The molecule has 3 rings (SSSR count). The van der Waals surface area contributed by atoms with E-state index in [9.17, 15) is 0 Å². The number of rotatable bonds is 0. The van der Waals surface area contributed by atoms with Crippen molar-refractivity contribution in [2.45, 2.75) is 58.8 Å². The molecule has 3 fully saturated rings. The molecule has 0 N–H and O–H groups in total. The lowest BCUT2D eigenvalue weighted by molar-refractivity contribution is 0.0202. The topological polar surface area (TPSA) is 0 Å². The van der Waals surface area contributed by atoms with Gasteiger partial charge in [0.2, 0.25) is 0 Å². The van der Waals surface area contributed by atoms with E-state index in [1.165, 1.54) is 19.3 Å². The summed E-state index contributed by atoms with van der Waals surface area (Å²) in [5, 5.41) is 0. The minimum absolute atomic E-state index is 1.04. The predicted octanol–water partition coefficient (Wildman–Crippen LogP) is 4.49. The van der Waals surface area contributed by atoms with Crippen LogP contribution in [0.2, 0.25) is 0 Å². The van der Waals surface area contributed by atoms with Gasteiger partial charge in [-0.3, -0.25) is 0 Å². The third-order valence-corrected chi connectivity index (χ3v) is 6.05. The van der Waals surface area contributed by atoms with Crippen LogP contribution >= 0.6 is 0 Å². The van der Waals surface area contributed by atoms with Crippen LogP contribution in [0, 0.1) is 35.5 Å². The van der Waals surface area contributed by atoms with Crippen molar-refractivity contribution in [3.8, 4) is 0 Å². The van der Waals surface area contributed by atoms with E-state index in [1.807, 2.05) is 0 Å². The summed E-state index contributed by atoms with van der Waals surface area (Å²) >= 11 is 0. The molecule has 0 aromatic heterocycles. The van der Waals surface area contributed by atoms with Gasteiger partial charge >= 0.3 is 0 Å². The molecule has 0 spiro atoms. The van der Waals surface area contributed by atoms with Crippen molar-refractivity contribution in [1.29, 1.82) is 0 Å². The molecule has 0 heteroatoms. The van der Waals surface area contributed by atoms with Crippen LogP contribution in [-0.2, 0) is 0 Å². The Balaban J connectivity index is 1.80. The third kappa shape index (κ3) is 1.56. The lowest BCUT2D eigenvalue weighted by Gasteiger charge is -2.47. The van der Waals surface area contributed by atoms with Crippen LogP contribution in [0.5, 0.6) is 0 Å². The maximum absolute atomic E-state index is 2.58. The van der Waals surface area contributed by atoms with Crippen LogP contribution in [0.4, 0.5) is 0 Å². The second-order valence-corrected chi connectivity index (χ2v) is 6.70. The molecular weight excluding hydrogens is 180 g/mol. The third-order valence-electron chi connectivity index (χ3n) is 6.05. The molecule has 0 amide bonds. The Bertz CT molecular complexity index is 230. The Morgan fingerprint density at radius 3 is 2.47 bits per heavy atom. The lowest BCUT2D eigenvalue weighted by atomic mass is 9.58. The molecule has 0 aromatic carbocycles. The summed E-state index contributed by atoms with van der Waals surface area (Å²) in [4.78, 5) is 0. The first-order valence-corrected chi connectivity index (χ1v) is 7.27. The van der Waals surface area contributed by atoms with E-state index in [1.54, 1.807) is 25.7 Å². The summed E-state index contributed by atoms with van der Waals surface area (Å²) in [6.45, 7) is 5.10. The fourth-order valence-corrected chi connectivity index (χ4v) is 5.44. The quantitative estimate of drug-likeness (QED) is 0.547. The molecule has 3 aliphatic carbocycles. The van der Waals surface area contributed by atoms with E-state index < -0.39 is 0 Å². The second-order valence-electron chi connectivity index (χ2n) is 6.70. The van der Waals surface area contributed by atoms with Crippen LogP contribution in [0.1, 0.15) is 58.8 Å². The highest BCUT2D eigenvalue weighted by Crippen LogP contribution is 2.55. The van der Waals surface area contributed by atoms with Gasteiger partial charge < -0.3 is 0 Å². The van der Waals surface area contributed by atoms with E-state index in [2.05, 4.69) is 13.8 Å². The van der Waals surface area contributed by atoms with Gasteiger partial charge in [0.25, 0.3) is 0 Å². The Hall–Kier alpha value is 0. The van der Waals surface area contributed by atoms with Crippen molar-refractivity contribution in [3.05, 3.63) is 0 Å². The molecule has 3 saturated carbocycles. The fraction of sp³-hybridized carbons (Fsp3) is 1.00. The standard InChI is InChI=1S/C15H26/c1-10-7-8-13-9-12-5-3-4-6-14(12)11(2)15(10)13/h10-15H,3-9H2,1-2H3/t10?,11?,12?,13?,14-,15?/m1/s1. The predicted molar refractivity (Wildman–Crippen MR) is 64.6 cm³/mol. The minimum atomic E-state index is 1.04. The van der Waals surface area contributed by atoms with Crippen LogP contribution in [0.25, 0.3) is 0 Å². The maximum Gasteiger partial charge on any atom is -0.0331 e. The van der Waals surface area contributed by atoms with Crippen molar-refractivity contribution >= 4 is 0 Å². The molecule has 0 aliphatic heterocycles. The van der Waals surface area contributed by atoms with Gasteiger partial charge in [0, 0.05) is 0 Å². The van der Waals surface area contributed by atoms with Crippen molar-refractivity contribution in [3.63, 3.8) is 0 Å². The SMILES string of the molecule is CC1CCC2CC3CCCC[C@@H]3C(C)C12. The van der Waals surface area contributed by atoms with Gasteiger partial charge in [-0.05, 0) is 54.8 Å². The fourth-order valence-electron chi connectivity index (χ4n) is 5.44. The summed E-state index contributed by atoms with van der Waals surface area (Å²) in [5.74, 6) is 6.54. The first-order valence-electron chi connectivity index (χ1n) is 7.27. The molecule has 0 aromatic rings. The number of fused-ring (bicyclic) bond motifs is 2. The van der Waals surface area contributed by atoms with Gasteiger partial charge in [0.05, 0.1) is 0 Å². The van der Waals surface area contributed by atoms with Crippen molar-refractivity contribution in [1.82, 2.24) is 0 Å². The van der Waals surface area contributed by atoms with Gasteiger partial charge in [-0.25, -0.2) is 0 Å². The maximum atomic E-state index is 2.58. The zero-order valence-electron chi connectivity index (χ0n) is 10.4. The van der Waals surface area contributed by atoms with Crippen LogP contribution in [-0.4, -0.2) is 0 Å². The molecule has 0 radical (unpaired) electrons. The highest BCUT2D eigenvalue weighted by molar-refractivity contribution is 4.96. The summed E-state index contributed by atoms with van der Waals surface area (Å²) in [6.07, 6.45) is 10.9. The zero-order chi connectivity index (χ0) is 10.4. The number of hydrogen-bond acceptors (Lipinski definition) is 0. The zero-order valence-corrected chi connectivity index (χ0v) is 10.4. The van der Waals surface area contributed by atoms with Crippen LogP contribution < -0.4 is 0 Å². The van der Waals surface area contributed by atoms with Crippen molar-refractivity contribution < 1.29 is 0 Å². The highest BCUT2D eigenvalue weighted by atomic mass is 14.5. The van der Waals surface area contributed by atoms with E-state index in [0.29, 0.717) is 0 Å². The highest BCUT2D eigenvalue weighted by Gasteiger charge is 2.47. The van der Waals surface area contributed by atoms with Crippen molar-refractivity contribution in [2.75, 3.05) is 0 Å². The average Bonchev–Trinajstić information content (AvgIpc) is 2.61. The molecule has 6 atom stereocenters. The normalized spacial score (nSPS) is 54.8. The molecule has 0 heterocycles. The molecule has 5 unspecified atom stereocenters. The summed E-state index contributed by atoms with van der Waals surface area (Å²) in [5.41, 5.74) is 0. The van der Waals surface area contributed by atoms with Gasteiger partial charge in [-0.15, -0.1) is 0 Å². The monoisotopic (exact) mass is 206 g/mol. The van der Waals surface area contributed by atoms with E-state index in [-0.39, 0.29) is 0 Å². The van der Waals surface area contributed by atoms with E-state index in [0.717, 1.165) is 35.5 Å². The minimum Gasteiger partial charge on any atom is -0.0622 e. The summed E-state index contributed by atoms with van der Waals surface area (Å²) < 4.78 is 0. The van der Waals surface area contributed by atoms with Gasteiger partial charge in [0.1, 0.15) is 0 Å². The van der Waals surface area contributed by atoms with Gasteiger partial charge in [-0.2, -0.15) is 0 Å². The first-order chi connectivity index (χ1) is 7.27. The number of hydrogen-bond donors (Lipinski definition) is 0. The summed E-state index contributed by atoms with van der Waals surface area (Å²) in [6, 6.07) is 0. The molecule has 3 aliphatic rings. The Kier molecular flexibility index (Phi) is 2.57. The van der Waals surface area contributed by atoms with Crippen molar-refractivity contribution in [2.24, 2.45) is 35.5 Å². The molecule has 0 saturated heterocycles. The molecule has 15 heavy (non-hydrogen) atoms. The molecule has 86 valence electrons. The summed E-state index contributed by atoms with van der Waals surface area (Å²) in [7, 11) is 0. The molecular formula is C15H26. The van der Waals surface area contributed by atoms with E-state index >= 15 is 0 Å². The van der Waals surface area contributed by atoms with Gasteiger partial charge in [0.15, 0.2) is 0 Å². The first kappa shape index (κ1) is 10.2. The Labute approximate surface area is 94.8 Å². The largest absolute Gasteiger partial charge is 0.0622 e. The lowest BCUT2D eigenvalue weighted by Crippen LogP contribution is -2.39. The second kappa shape index (κ2) is 3.79. The van der Waals surface area contributed by atoms with Crippen LogP contribution in [0.15, 0.2) is 0 Å².